The fourth-order valence-corrected chi connectivity index (χ4v) is 14.7. The molecule has 0 amide bonds. The van der Waals surface area contributed by atoms with E-state index in [1.807, 2.05) is 6.92 Å². The van der Waals surface area contributed by atoms with Gasteiger partial charge >= 0.3 is 59.7 Å². The van der Waals surface area contributed by atoms with Gasteiger partial charge < -0.3 is 95.5 Å². The number of hydrogen-bond donors (Lipinski definition) is 2. The van der Waals surface area contributed by atoms with E-state index in [2.05, 4.69) is 0 Å². The molecule has 10 aromatic carbocycles. The van der Waals surface area contributed by atoms with E-state index in [-0.39, 0.29) is 62.2 Å². The van der Waals surface area contributed by atoms with Crippen molar-refractivity contribution >= 4 is 59.7 Å². The molecule has 4 saturated heterocycles. The van der Waals surface area contributed by atoms with E-state index in [9.17, 15) is 39.0 Å². The Labute approximate surface area is 740 Å². The minimum absolute atomic E-state index is 0.00893. The number of hydrogen-bond acceptors (Lipinski definition) is 30. The Morgan fingerprint density at radius 3 is 0.814 bits per heavy atom. The van der Waals surface area contributed by atoms with Crippen molar-refractivity contribution in [2.45, 2.75) is 143 Å². The van der Waals surface area contributed by atoms with Gasteiger partial charge in [-0.2, -0.15) is 0 Å². The molecule has 0 spiro atoms. The van der Waals surface area contributed by atoms with Gasteiger partial charge in [-0.1, -0.05) is 202 Å². The maximum atomic E-state index is 15.7. The smallest absolute Gasteiger partial charge is 0.338 e. The number of rotatable bonds is 34. The van der Waals surface area contributed by atoms with Crippen molar-refractivity contribution in [2.75, 3.05) is 33.0 Å². The molecular formula is C99H92O30. The average Bonchev–Trinajstić information content (AvgIpc) is 0.712. The van der Waals surface area contributed by atoms with E-state index >= 15 is 19.2 Å². The first-order valence-electron chi connectivity index (χ1n) is 41.8. The van der Waals surface area contributed by atoms with Gasteiger partial charge in [0.1, 0.15) is 87.5 Å². The summed E-state index contributed by atoms with van der Waals surface area (Å²) in [5.74, 6) is -11.6. The SMILES string of the molecule is CCCCO[C@@H]1OC(COC(=O)c2ccccc2)[C@@H](O[C@@H]2OC(COC(=O)c3ccccc3)[C@H](OC(=O)c3ccccc3)C(O[C@@H]3OC(COC(=O)c4ccccc4)[C@@H](O[C@@H]4OC(COC(=O)c5ccccc5)[C@H](O)C(O)[C@@H]4OC(=O)c4ccccc4)C(OC(=O)c4ccccc4)[C@@H]3C)[C@@H]2OC(=O)c2ccccc2)C(OC(=O)c2ccccc2)[C@@H]1OC(=O)c1ccccc1. The summed E-state index contributed by atoms with van der Waals surface area (Å²) < 4.78 is 119. The quantitative estimate of drug-likeness (QED) is 0.0215. The predicted molar refractivity (Wildman–Crippen MR) is 452 cm³/mol. The lowest BCUT2D eigenvalue weighted by Gasteiger charge is -2.51. The molecule has 20 atom stereocenters. The lowest BCUT2D eigenvalue weighted by molar-refractivity contribution is -0.382. The molecule has 4 aliphatic rings. The lowest BCUT2D eigenvalue weighted by atomic mass is 9.90. The van der Waals surface area contributed by atoms with Gasteiger partial charge in [-0.05, 0) is 128 Å². The molecule has 4 aliphatic heterocycles. The van der Waals surface area contributed by atoms with Crippen LogP contribution in [0.1, 0.15) is 130 Å². The third kappa shape index (κ3) is 23.7. The molecule has 30 heteroatoms. The number of aliphatic hydroxyl groups excluding tert-OH is 2. The molecule has 0 bridgehead atoms. The van der Waals surface area contributed by atoms with Gasteiger partial charge in [0.25, 0.3) is 0 Å². The van der Waals surface area contributed by atoms with Gasteiger partial charge in [0.05, 0.1) is 55.6 Å². The summed E-state index contributed by atoms with van der Waals surface area (Å²) in [5.41, 5.74) is -0.132. The Kier molecular flexibility index (Phi) is 31.8. The summed E-state index contributed by atoms with van der Waals surface area (Å²) in [6.07, 6.45) is -36.8. The van der Waals surface area contributed by atoms with E-state index in [1.165, 1.54) is 165 Å². The number of carbonyl (C=O) groups excluding carboxylic acids is 10. The Balaban J connectivity index is 0.943. The van der Waals surface area contributed by atoms with E-state index in [1.54, 1.807) is 146 Å². The van der Waals surface area contributed by atoms with Crippen LogP contribution in [0.25, 0.3) is 0 Å². The normalized spacial score (nSPS) is 25.3. The van der Waals surface area contributed by atoms with Crippen molar-refractivity contribution in [1.29, 1.82) is 0 Å². The highest BCUT2D eigenvalue weighted by Crippen LogP contribution is 2.42. The molecule has 0 radical (unpaired) electrons. The number of esters is 10. The van der Waals surface area contributed by atoms with E-state index < -0.39 is 209 Å². The van der Waals surface area contributed by atoms with Gasteiger partial charge in [0.15, 0.2) is 55.7 Å². The molecule has 10 aromatic rings. The summed E-state index contributed by atoms with van der Waals surface area (Å²) in [7, 11) is 0. The zero-order valence-electron chi connectivity index (χ0n) is 69.7. The minimum atomic E-state index is -2.30. The fraction of sp³-hybridized carbons (Fsp3) is 0.293. The molecule has 0 aromatic heterocycles. The maximum absolute atomic E-state index is 15.7. The van der Waals surface area contributed by atoms with Crippen LogP contribution < -0.4 is 0 Å². The molecule has 0 saturated carbocycles. The zero-order chi connectivity index (χ0) is 90.1. The van der Waals surface area contributed by atoms with Crippen LogP contribution in [-0.4, -0.2) is 220 Å². The molecule has 0 aliphatic carbocycles. The number of aliphatic hydroxyl groups is 2. The van der Waals surface area contributed by atoms with Crippen LogP contribution in [-0.2, 0) is 85.3 Å². The Morgan fingerprint density at radius 2 is 0.481 bits per heavy atom. The van der Waals surface area contributed by atoms with Crippen molar-refractivity contribution in [3.63, 3.8) is 0 Å². The summed E-state index contributed by atoms with van der Waals surface area (Å²) in [4.78, 5) is 148. The first-order valence-corrected chi connectivity index (χ1v) is 41.8. The van der Waals surface area contributed by atoms with E-state index in [0.29, 0.717) is 12.8 Å². The highest BCUT2D eigenvalue weighted by Gasteiger charge is 2.61. The third-order valence-electron chi connectivity index (χ3n) is 21.5. The summed E-state index contributed by atoms with van der Waals surface area (Å²) >= 11 is 0. The minimum Gasteiger partial charge on any atom is -0.459 e. The average molecular weight is 1760 g/mol. The van der Waals surface area contributed by atoms with Crippen molar-refractivity contribution in [1.82, 2.24) is 0 Å². The second-order valence-electron chi connectivity index (χ2n) is 30.3. The number of ether oxygens (including phenoxy) is 18. The predicted octanol–water partition coefficient (Wildman–Crippen LogP) is 12.0. The van der Waals surface area contributed by atoms with Crippen molar-refractivity contribution in [3.05, 3.63) is 359 Å². The highest BCUT2D eigenvalue weighted by atomic mass is 16.8. The van der Waals surface area contributed by atoms with Crippen LogP contribution in [0.5, 0.6) is 0 Å². The number of carbonyl (C=O) groups is 10. The molecule has 4 fully saturated rings. The van der Waals surface area contributed by atoms with Crippen LogP contribution in [0.4, 0.5) is 0 Å². The van der Waals surface area contributed by atoms with Crippen molar-refractivity contribution in [3.8, 4) is 0 Å². The zero-order valence-corrected chi connectivity index (χ0v) is 69.7. The second kappa shape index (κ2) is 44.8. The third-order valence-corrected chi connectivity index (χ3v) is 21.5. The molecule has 2 N–H and O–H groups in total. The monoisotopic (exact) mass is 1760 g/mol. The van der Waals surface area contributed by atoms with E-state index in [4.69, 9.17) is 85.3 Å². The fourth-order valence-electron chi connectivity index (χ4n) is 14.7. The van der Waals surface area contributed by atoms with Crippen LogP contribution in [0.3, 0.4) is 0 Å². The lowest BCUT2D eigenvalue weighted by Crippen LogP contribution is -2.68. The summed E-state index contributed by atoms with van der Waals surface area (Å²) in [5, 5.41) is 24.4. The standard InChI is InChI=1S/C99H92O30/c1-3-4-55-112-97-84(125-94(110)69-51-31-13-32-52-69)82(124-93(109)68-49-29-12-30-50-68)80(74(119-97)59-116-89(105)64-41-21-8-22-42-64)128-99-85(126-95(111)70-53-33-14-34-54-70)83(79(122-91(107)66-45-25-10-26-46-66)73(120-99)58-115-88(104)63-39-19-7-20-40-63)129-96-60(2)77(121-90(106)65-43-23-9-24-44-65)78(72(118-96)57-114-87(103)62-37-17-6-18-38-62)127-98-81(123-92(108)67-47-27-11-28-48-67)76(101)75(100)71(117-98)56-113-86(102)61-35-15-5-16-36-61/h5-54,60,71-85,96-101H,3-4,55-59H2,1-2H3/t60-,71?,72?,73?,74?,75-,76?,77?,78+,79-,80+,81-,82?,83?,84-,85-,96-,97+,98-,99-/m0/s1. The van der Waals surface area contributed by atoms with E-state index in [0.717, 1.165) is 0 Å². The number of unbranched alkanes of at least 4 members (excludes halogenated alkanes) is 1. The molecular weight excluding hydrogens is 1670 g/mol. The molecule has 8 unspecified atom stereocenters. The second-order valence-corrected chi connectivity index (χ2v) is 30.3. The Morgan fingerprint density at radius 1 is 0.248 bits per heavy atom. The topological polar surface area (TPSA) is 377 Å². The maximum Gasteiger partial charge on any atom is 0.338 e. The molecule has 668 valence electrons. The van der Waals surface area contributed by atoms with Crippen LogP contribution >= 0.6 is 0 Å². The summed E-state index contributed by atoms with van der Waals surface area (Å²) in [6.45, 7) is -0.141. The van der Waals surface area contributed by atoms with Crippen molar-refractivity contribution < 1.29 is 143 Å². The molecule has 30 nitrogen and oxygen atoms in total. The Hall–Kier alpha value is -13.5. The summed E-state index contributed by atoms with van der Waals surface area (Å²) in [6, 6.07) is 76.5. The first-order chi connectivity index (χ1) is 62.8. The van der Waals surface area contributed by atoms with Gasteiger partial charge in [-0.15, -0.1) is 0 Å². The molecule has 14 rings (SSSR count). The Bertz CT molecular complexity index is 5340. The van der Waals surface area contributed by atoms with Crippen molar-refractivity contribution in [2.24, 2.45) is 5.92 Å². The molecule has 129 heavy (non-hydrogen) atoms. The van der Waals surface area contributed by atoms with Gasteiger partial charge in [-0.25, -0.2) is 47.9 Å². The largest absolute Gasteiger partial charge is 0.459 e. The van der Waals surface area contributed by atoms with Crippen LogP contribution in [0.15, 0.2) is 303 Å². The van der Waals surface area contributed by atoms with Crippen LogP contribution in [0, 0.1) is 5.92 Å². The van der Waals surface area contributed by atoms with Gasteiger partial charge in [0.2, 0.25) is 0 Å². The van der Waals surface area contributed by atoms with Crippen LogP contribution in [0.2, 0.25) is 0 Å². The highest BCUT2D eigenvalue weighted by molar-refractivity contribution is 5.94. The van der Waals surface area contributed by atoms with Gasteiger partial charge in [0, 0.05) is 12.5 Å². The first kappa shape index (κ1) is 91.7. The molecule has 4 heterocycles. The number of benzene rings is 10. The van der Waals surface area contributed by atoms with Gasteiger partial charge in [-0.3, -0.25) is 0 Å².